The van der Waals surface area contributed by atoms with Crippen molar-refractivity contribution in [3.8, 4) is 0 Å². The second-order valence-electron chi connectivity index (χ2n) is 3.88. The van der Waals surface area contributed by atoms with Crippen LogP contribution in [-0.4, -0.2) is 15.0 Å². The first-order chi connectivity index (χ1) is 9.45. The average Bonchev–Trinajstić information content (AvgIpc) is 2.52. The molecule has 0 saturated heterocycles. The van der Waals surface area contributed by atoms with Crippen molar-refractivity contribution in [2.24, 2.45) is 0 Å². The Hall–Kier alpha value is -1.82. The van der Waals surface area contributed by atoms with Gasteiger partial charge in [-0.05, 0) is 0 Å². The fourth-order valence-electron chi connectivity index (χ4n) is 1.50. The molecule has 0 spiro atoms. The van der Waals surface area contributed by atoms with Gasteiger partial charge in [-0.2, -0.15) is 0 Å². The molecule has 0 aliphatic carbocycles. The Morgan fingerprint density at radius 1 is 0.368 bits per heavy atom. The molecule has 0 aromatic heterocycles. The summed E-state index contributed by atoms with van der Waals surface area (Å²) in [6, 6.07) is 33.3. The summed E-state index contributed by atoms with van der Waals surface area (Å²) in [6.07, 6.45) is 0. The third kappa shape index (κ3) is 5.56. The van der Waals surface area contributed by atoms with Crippen molar-refractivity contribution in [1.29, 1.82) is 0 Å². The molecule has 0 aliphatic heterocycles. The van der Waals surface area contributed by atoms with Gasteiger partial charge in [-0.15, -0.1) is 0 Å². The van der Waals surface area contributed by atoms with Crippen molar-refractivity contribution in [3.63, 3.8) is 0 Å². The van der Waals surface area contributed by atoms with Gasteiger partial charge < -0.3 is 0 Å². The van der Waals surface area contributed by atoms with Gasteiger partial charge in [0.2, 0.25) is 0 Å². The zero-order chi connectivity index (χ0) is 13.2. The molecule has 3 aromatic carbocycles. The van der Waals surface area contributed by atoms with Crippen molar-refractivity contribution in [1.82, 2.24) is 0 Å². The Bertz CT molecular complexity index is 483. The largest absolute Gasteiger partial charge is 0.0623 e. The summed E-state index contributed by atoms with van der Waals surface area (Å²) in [5, 5.41) is 0. The Kier molecular flexibility index (Phi) is 5.95. The van der Waals surface area contributed by atoms with E-state index in [9.17, 15) is 0 Å². The molecule has 0 nitrogen and oxygen atoms in total. The van der Waals surface area contributed by atoms with E-state index >= 15 is 0 Å². The standard InChI is InChI=1S/C12H10Se.C6H6/c1-3-7-11(8-4-1)13-12-9-5-2-6-10-12;1-2-4-6-5-3-1/h1-10H;1-6H. The number of hydrogen-bond acceptors (Lipinski definition) is 0. The van der Waals surface area contributed by atoms with Crippen LogP contribution in [0.1, 0.15) is 0 Å². The fraction of sp³-hybridized carbons (Fsp3) is 0. The summed E-state index contributed by atoms with van der Waals surface area (Å²) < 4.78 is 2.86. The third-order valence-corrected chi connectivity index (χ3v) is 4.52. The van der Waals surface area contributed by atoms with Crippen LogP contribution in [0.3, 0.4) is 0 Å². The Balaban J connectivity index is 0.000000186. The number of rotatable bonds is 2. The van der Waals surface area contributed by atoms with E-state index in [1.165, 1.54) is 8.92 Å². The van der Waals surface area contributed by atoms with Crippen molar-refractivity contribution >= 4 is 23.9 Å². The molecule has 3 aromatic rings. The minimum absolute atomic E-state index is 0.461. The van der Waals surface area contributed by atoms with Crippen LogP contribution >= 0.6 is 0 Å². The summed E-state index contributed by atoms with van der Waals surface area (Å²) in [5.74, 6) is 0. The maximum Gasteiger partial charge on any atom is -0.0623 e. The van der Waals surface area contributed by atoms with Gasteiger partial charge in [0.1, 0.15) is 0 Å². The molecule has 0 radical (unpaired) electrons. The van der Waals surface area contributed by atoms with Crippen LogP contribution in [-0.2, 0) is 0 Å². The Morgan fingerprint density at radius 2 is 0.632 bits per heavy atom. The minimum Gasteiger partial charge on any atom is -0.0623 e. The van der Waals surface area contributed by atoms with Crippen molar-refractivity contribution < 1.29 is 0 Å². The zero-order valence-electron chi connectivity index (χ0n) is 10.6. The normalized spacial score (nSPS) is 9.26. The minimum atomic E-state index is 0.461. The van der Waals surface area contributed by atoms with Gasteiger partial charge >= 0.3 is 84.5 Å². The van der Waals surface area contributed by atoms with Crippen molar-refractivity contribution in [2.75, 3.05) is 0 Å². The van der Waals surface area contributed by atoms with E-state index < -0.39 is 0 Å². The van der Waals surface area contributed by atoms with Gasteiger partial charge in [0.15, 0.2) is 0 Å². The van der Waals surface area contributed by atoms with Crippen molar-refractivity contribution in [2.45, 2.75) is 0 Å². The molecule has 94 valence electrons. The van der Waals surface area contributed by atoms with Crippen LogP contribution < -0.4 is 8.92 Å². The van der Waals surface area contributed by atoms with Gasteiger partial charge in [0.05, 0.1) is 0 Å². The summed E-state index contributed by atoms with van der Waals surface area (Å²) in [4.78, 5) is 0. The number of hydrogen-bond donors (Lipinski definition) is 0. The average molecular weight is 311 g/mol. The van der Waals surface area contributed by atoms with E-state index in [-0.39, 0.29) is 0 Å². The second kappa shape index (κ2) is 8.31. The fourth-order valence-corrected chi connectivity index (χ4v) is 3.30. The molecule has 1 heteroatoms. The van der Waals surface area contributed by atoms with E-state index in [2.05, 4.69) is 60.7 Å². The molecule has 3 rings (SSSR count). The van der Waals surface area contributed by atoms with E-state index in [4.69, 9.17) is 0 Å². The Labute approximate surface area is 121 Å². The molecule has 0 N–H and O–H groups in total. The summed E-state index contributed by atoms with van der Waals surface area (Å²) in [6.45, 7) is 0. The molecule has 19 heavy (non-hydrogen) atoms. The van der Waals surface area contributed by atoms with Crippen LogP contribution in [0.15, 0.2) is 97.1 Å². The van der Waals surface area contributed by atoms with E-state index in [0.717, 1.165) is 0 Å². The molecule has 0 atom stereocenters. The molecule has 0 saturated carbocycles. The molecule has 0 amide bonds. The van der Waals surface area contributed by atoms with Crippen LogP contribution in [0.5, 0.6) is 0 Å². The zero-order valence-corrected chi connectivity index (χ0v) is 12.4. The monoisotopic (exact) mass is 312 g/mol. The summed E-state index contributed by atoms with van der Waals surface area (Å²) >= 11 is 0.461. The summed E-state index contributed by atoms with van der Waals surface area (Å²) in [7, 11) is 0. The summed E-state index contributed by atoms with van der Waals surface area (Å²) in [5.41, 5.74) is 0. The molecular formula is C18H16Se. The number of benzene rings is 3. The molecule has 0 bridgehead atoms. The van der Waals surface area contributed by atoms with E-state index in [1.54, 1.807) is 0 Å². The Morgan fingerprint density at radius 3 is 0.947 bits per heavy atom. The van der Waals surface area contributed by atoms with E-state index in [0.29, 0.717) is 15.0 Å². The van der Waals surface area contributed by atoms with Crippen LogP contribution in [0.2, 0.25) is 0 Å². The second-order valence-corrected chi connectivity index (χ2v) is 6.29. The quantitative estimate of drug-likeness (QED) is 0.638. The van der Waals surface area contributed by atoms with Gasteiger partial charge in [-0.1, -0.05) is 36.4 Å². The van der Waals surface area contributed by atoms with Gasteiger partial charge in [0.25, 0.3) is 0 Å². The predicted molar refractivity (Wildman–Crippen MR) is 84.3 cm³/mol. The molecular weight excluding hydrogens is 295 g/mol. The van der Waals surface area contributed by atoms with Gasteiger partial charge in [0, 0.05) is 0 Å². The van der Waals surface area contributed by atoms with Crippen LogP contribution in [0, 0.1) is 0 Å². The first kappa shape index (κ1) is 13.6. The molecule has 0 unspecified atom stereocenters. The molecule has 0 heterocycles. The first-order valence-corrected chi connectivity index (χ1v) is 7.94. The predicted octanol–water partition coefficient (Wildman–Crippen LogP) is 3.03. The van der Waals surface area contributed by atoms with Crippen LogP contribution in [0.25, 0.3) is 0 Å². The van der Waals surface area contributed by atoms with E-state index in [1.807, 2.05) is 36.4 Å². The topological polar surface area (TPSA) is 0 Å². The first-order valence-electron chi connectivity index (χ1n) is 6.23. The maximum atomic E-state index is 2.19. The van der Waals surface area contributed by atoms with Gasteiger partial charge in [-0.3, -0.25) is 0 Å². The molecule has 0 aliphatic rings. The van der Waals surface area contributed by atoms with Gasteiger partial charge in [-0.25, -0.2) is 0 Å². The van der Waals surface area contributed by atoms with Crippen molar-refractivity contribution in [3.05, 3.63) is 97.1 Å². The SMILES string of the molecule is c1ccc([Se]c2ccccc2)cc1.c1ccccc1. The smallest absolute Gasteiger partial charge is 0.0623 e. The third-order valence-electron chi connectivity index (χ3n) is 2.39. The van der Waals surface area contributed by atoms with Crippen LogP contribution in [0.4, 0.5) is 0 Å². The maximum absolute atomic E-state index is 2.19. The molecule has 0 fully saturated rings.